The second-order valence-electron chi connectivity index (χ2n) is 5.14. The van der Waals surface area contributed by atoms with E-state index in [1.54, 1.807) is 0 Å². The molecule has 0 bridgehead atoms. The zero-order valence-corrected chi connectivity index (χ0v) is 12.1. The fourth-order valence-corrected chi connectivity index (χ4v) is 2.70. The summed E-state index contributed by atoms with van der Waals surface area (Å²) in [5.74, 6) is 0. The number of morpholine rings is 1. The van der Waals surface area contributed by atoms with Gasteiger partial charge in [-0.05, 0) is 38.1 Å². The van der Waals surface area contributed by atoms with Crippen LogP contribution in [0.15, 0.2) is 24.3 Å². The molecule has 0 atom stereocenters. The van der Waals surface area contributed by atoms with Gasteiger partial charge in [-0.3, -0.25) is 4.98 Å². The predicted molar refractivity (Wildman–Crippen MR) is 83.7 cm³/mol. The Morgan fingerprint density at radius 2 is 2.05 bits per heavy atom. The van der Waals surface area contributed by atoms with Gasteiger partial charge in [0.15, 0.2) is 0 Å². The number of anilines is 2. The molecule has 1 aliphatic heterocycles. The minimum absolute atomic E-state index is 0.810. The SMILES string of the molecule is CCNc1cc(C)nc2ccc(N3CCOCC3)cc12. The van der Waals surface area contributed by atoms with E-state index in [4.69, 9.17) is 4.74 Å². The Balaban J connectivity index is 2.04. The summed E-state index contributed by atoms with van der Waals surface area (Å²) in [7, 11) is 0. The van der Waals surface area contributed by atoms with Gasteiger partial charge in [0.25, 0.3) is 0 Å². The van der Waals surface area contributed by atoms with Gasteiger partial charge in [0, 0.05) is 42.1 Å². The van der Waals surface area contributed by atoms with Gasteiger partial charge in [-0.25, -0.2) is 0 Å². The molecule has 0 radical (unpaired) electrons. The Bertz CT molecular complexity index is 606. The maximum Gasteiger partial charge on any atom is 0.0727 e. The number of hydrogen-bond donors (Lipinski definition) is 1. The molecule has 0 amide bonds. The Hall–Kier alpha value is -1.81. The molecule has 0 spiro atoms. The number of aryl methyl sites for hydroxylation is 1. The van der Waals surface area contributed by atoms with E-state index >= 15 is 0 Å². The first-order chi connectivity index (χ1) is 9.78. The molecule has 2 heterocycles. The number of ether oxygens (including phenoxy) is 1. The molecule has 0 saturated carbocycles. The summed E-state index contributed by atoms with van der Waals surface area (Å²) < 4.78 is 5.42. The molecule has 4 heteroatoms. The molecular formula is C16H21N3O. The monoisotopic (exact) mass is 271 g/mol. The van der Waals surface area contributed by atoms with Crippen LogP contribution < -0.4 is 10.2 Å². The van der Waals surface area contributed by atoms with Crippen molar-refractivity contribution >= 4 is 22.3 Å². The number of fused-ring (bicyclic) bond motifs is 1. The maximum absolute atomic E-state index is 5.42. The number of benzene rings is 1. The van der Waals surface area contributed by atoms with E-state index < -0.39 is 0 Å². The molecule has 1 aromatic carbocycles. The van der Waals surface area contributed by atoms with Crippen LogP contribution in [0.2, 0.25) is 0 Å². The lowest BCUT2D eigenvalue weighted by atomic mass is 10.1. The highest BCUT2D eigenvalue weighted by molar-refractivity contribution is 5.94. The third-order valence-corrected chi connectivity index (χ3v) is 3.66. The van der Waals surface area contributed by atoms with Gasteiger partial charge in [-0.15, -0.1) is 0 Å². The number of aromatic nitrogens is 1. The second-order valence-corrected chi connectivity index (χ2v) is 5.14. The molecule has 0 unspecified atom stereocenters. The fraction of sp³-hybridized carbons (Fsp3) is 0.438. The van der Waals surface area contributed by atoms with Crippen LogP contribution in [-0.2, 0) is 4.74 Å². The van der Waals surface area contributed by atoms with Crippen molar-refractivity contribution in [3.05, 3.63) is 30.0 Å². The standard InChI is InChI=1S/C16H21N3O/c1-3-17-16-10-12(2)18-15-5-4-13(11-14(15)16)19-6-8-20-9-7-19/h4-5,10-11H,3,6-9H2,1-2H3,(H,17,18). The first-order valence-corrected chi connectivity index (χ1v) is 7.26. The molecule has 2 aromatic rings. The number of pyridine rings is 1. The first kappa shape index (κ1) is 13.2. The fourth-order valence-electron chi connectivity index (χ4n) is 2.70. The normalized spacial score (nSPS) is 15.6. The Labute approximate surface area is 119 Å². The van der Waals surface area contributed by atoms with Crippen molar-refractivity contribution in [3.8, 4) is 0 Å². The van der Waals surface area contributed by atoms with E-state index in [-0.39, 0.29) is 0 Å². The highest BCUT2D eigenvalue weighted by atomic mass is 16.5. The third kappa shape index (κ3) is 2.56. The van der Waals surface area contributed by atoms with Crippen LogP contribution in [0.1, 0.15) is 12.6 Å². The summed E-state index contributed by atoms with van der Waals surface area (Å²) in [6.45, 7) is 8.61. The van der Waals surface area contributed by atoms with Gasteiger partial charge >= 0.3 is 0 Å². The van der Waals surface area contributed by atoms with E-state index in [1.807, 2.05) is 6.92 Å². The Kier molecular flexibility index (Phi) is 3.74. The van der Waals surface area contributed by atoms with Gasteiger partial charge in [-0.2, -0.15) is 0 Å². The number of nitrogens with zero attached hydrogens (tertiary/aromatic N) is 2. The summed E-state index contributed by atoms with van der Waals surface area (Å²) in [6.07, 6.45) is 0. The van der Waals surface area contributed by atoms with Crippen molar-refractivity contribution in [2.24, 2.45) is 0 Å². The highest BCUT2D eigenvalue weighted by Crippen LogP contribution is 2.28. The predicted octanol–water partition coefficient (Wildman–Crippen LogP) is 2.81. The molecule has 1 fully saturated rings. The lowest BCUT2D eigenvalue weighted by Crippen LogP contribution is -2.36. The van der Waals surface area contributed by atoms with Crippen molar-refractivity contribution < 1.29 is 4.74 Å². The molecule has 0 aliphatic carbocycles. The first-order valence-electron chi connectivity index (χ1n) is 7.26. The summed E-state index contributed by atoms with van der Waals surface area (Å²) in [4.78, 5) is 7.00. The van der Waals surface area contributed by atoms with Crippen molar-refractivity contribution in [2.45, 2.75) is 13.8 Å². The summed E-state index contributed by atoms with van der Waals surface area (Å²) in [5.41, 5.74) is 4.53. The van der Waals surface area contributed by atoms with Gasteiger partial charge in [0.1, 0.15) is 0 Å². The van der Waals surface area contributed by atoms with Crippen LogP contribution in [0, 0.1) is 6.92 Å². The number of nitrogens with one attached hydrogen (secondary N) is 1. The zero-order valence-electron chi connectivity index (χ0n) is 12.1. The van der Waals surface area contributed by atoms with Crippen molar-refractivity contribution in [1.82, 2.24) is 4.98 Å². The van der Waals surface area contributed by atoms with Crippen molar-refractivity contribution in [2.75, 3.05) is 43.1 Å². The maximum atomic E-state index is 5.42. The third-order valence-electron chi connectivity index (χ3n) is 3.66. The minimum atomic E-state index is 0.810. The average molecular weight is 271 g/mol. The Morgan fingerprint density at radius 1 is 1.25 bits per heavy atom. The van der Waals surface area contributed by atoms with Crippen molar-refractivity contribution in [3.63, 3.8) is 0 Å². The van der Waals surface area contributed by atoms with Crippen LogP contribution >= 0.6 is 0 Å². The molecule has 106 valence electrons. The van der Waals surface area contributed by atoms with Gasteiger partial charge < -0.3 is 15.0 Å². The second kappa shape index (κ2) is 5.67. The summed E-state index contributed by atoms with van der Waals surface area (Å²) >= 11 is 0. The summed E-state index contributed by atoms with van der Waals surface area (Å²) in [6, 6.07) is 8.64. The lowest BCUT2D eigenvalue weighted by molar-refractivity contribution is 0.122. The largest absolute Gasteiger partial charge is 0.385 e. The van der Waals surface area contributed by atoms with Gasteiger partial charge in [-0.1, -0.05) is 0 Å². The quantitative estimate of drug-likeness (QED) is 0.931. The molecule has 1 aliphatic rings. The molecular weight excluding hydrogens is 250 g/mol. The van der Waals surface area contributed by atoms with E-state index in [2.05, 4.69) is 46.4 Å². The van der Waals surface area contributed by atoms with Crippen LogP contribution in [0.4, 0.5) is 11.4 Å². The van der Waals surface area contributed by atoms with Crippen LogP contribution in [0.25, 0.3) is 10.9 Å². The number of rotatable bonds is 3. The topological polar surface area (TPSA) is 37.4 Å². The molecule has 3 rings (SSSR count). The van der Waals surface area contributed by atoms with E-state index in [0.29, 0.717) is 0 Å². The van der Waals surface area contributed by atoms with E-state index in [1.165, 1.54) is 16.8 Å². The summed E-state index contributed by atoms with van der Waals surface area (Å²) in [5, 5.41) is 4.63. The van der Waals surface area contributed by atoms with Crippen LogP contribution in [-0.4, -0.2) is 37.8 Å². The molecule has 20 heavy (non-hydrogen) atoms. The van der Waals surface area contributed by atoms with Gasteiger partial charge in [0.05, 0.1) is 18.7 Å². The highest BCUT2D eigenvalue weighted by Gasteiger charge is 2.12. The average Bonchev–Trinajstić information content (AvgIpc) is 2.48. The van der Waals surface area contributed by atoms with E-state index in [0.717, 1.165) is 44.1 Å². The zero-order chi connectivity index (χ0) is 13.9. The molecule has 1 aromatic heterocycles. The van der Waals surface area contributed by atoms with Crippen LogP contribution in [0.3, 0.4) is 0 Å². The molecule has 4 nitrogen and oxygen atoms in total. The van der Waals surface area contributed by atoms with E-state index in [9.17, 15) is 0 Å². The smallest absolute Gasteiger partial charge is 0.0727 e. The lowest BCUT2D eigenvalue weighted by Gasteiger charge is -2.29. The molecule has 1 N–H and O–H groups in total. The Morgan fingerprint density at radius 3 is 2.80 bits per heavy atom. The number of hydrogen-bond acceptors (Lipinski definition) is 4. The van der Waals surface area contributed by atoms with Crippen LogP contribution in [0.5, 0.6) is 0 Å². The van der Waals surface area contributed by atoms with Crippen molar-refractivity contribution in [1.29, 1.82) is 0 Å². The van der Waals surface area contributed by atoms with Gasteiger partial charge in [0.2, 0.25) is 0 Å². The molecule has 1 saturated heterocycles. The minimum Gasteiger partial charge on any atom is -0.385 e.